The number of nitrogens with zero attached hydrogens (tertiary/aromatic N) is 2. The van der Waals surface area contributed by atoms with Crippen molar-refractivity contribution >= 4 is 54.4 Å². The molecule has 0 atom stereocenters. The van der Waals surface area contributed by atoms with Gasteiger partial charge in [0.2, 0.25) is 0 Å². The quantitative estimate of drug-likeness (QED) is 0.188. The second-order valence-electron chi connectivity index (χ2n) is 12.6. The fraction of sp³-hybridized carbons (Fsp3) is 0. The standard InChI is InChI=1S/C46H30N2/c1-3-14-35(15-4-1)47-43-21-10-9-19-39(43)40-28-32(22-25-44(40)47)33-23-26-45-41(29-33)42-30-34(38-20-11-13-31-12-7-8-18-37(31)38)24-27-46(42)48(45)36-16-5-2-6-17-36/h1-30H. The minimum absolute atomic E-state index is 1.17. The first-order chi connectivity index (χ1) is 23.8. The summed E-state index contributed by atoms with van der Waals surface area (Å²) in [6, 6.07) is 66.2. The number of benzene rings is 8. The van der Waals surface area contributed by atoms with Gasteiger partial charge in [-0.15, -0.1) is 0 Å². The molecule has 2 aromatic heterocycles. The average molecular weight is 611 g/mol. The van der Waals surface area contributed by atoms with Gasteiger partial charge in [-0.1, -0.05) is 115 Å². The van der Waals surface area contributed by atoms with Gasteiger partial charge in [-0.05, 0) is 99.8 Å². The zero-order chi connectivity index (χ0) is 31.6. The molecule has 0 aliphatic rings. The average Bonchev–Trinajstić information content (AvgIpc) is 3.67. The second-order valence-corrected chi connectivity index (χ2v) is 12.6. The molecular formula is C46H30N2. The molecule has 0 unspecified atom stereocenters. The van der Waals surface area contributed by atoms with Crippen LogP contribution in [0.3, 0.4) is 0 Å². The van der Waals surface area contributed by atoms with Crippen molar-refractivity contribution in [3.05, 3.63) is 182 Å². The predicted molar refractivity (Wildman–Crippen MR) is 203 cm³/mol. The van der Waals surface area contributed by atoms with Gasteiger partial charge < -0.3 is 9.13 Å². The maximum absolute atomic E-state index is 2.40. The Morgan fingerprint density at radius 2 is 0.708 bits per heavy atom. The first-order valence-electron chi connectivity index (χ1n) is 16.5. The van der Waals surface area contributed by atoms with Gasteiger partial charge in [0, 0.05) is 32.9 Å². The number of aromatic nitrogens is 2. The van der Waals surface area contributed by atoms with Gasteiger partial charge in [0.05, 0.1) is 22.1 Å². The van der Waals surface area contributed by atoms with E-state index < -0.39 is 0 Å². The number of hydrogen-bond donors (Lipinski definition) is 0. The van der Waals surface area contributed by atoms with Crippen molar-refractivity contribution < 1.29 is 0 Å². The van der Waals surface area contributed by atoms with Crippen LogP contribution in [0.2, 0.25) is 0 Å². The Hall–Kier alpha value is -6.38. The second kappa shape index (κ2) is 10.6. The molecule has 8 aromatic carbocycles. The van der Waals surface area contributed by atoms with Crippen LogP contribution in [0.4, 0.5) is 0 Å². The molecule has 2 nitrogen and oxygen atoms in total. The van der Waals surface area contributed by atoms with E-state index in [4.69, 9.17) is 0 Å². The normalized spacial score (nSPS) is 11.8. The maximum atomic E-state index is 2.40. The Morgan fingerprint density at radius 3 is 1.33 bits per heavy atom. The molecule has 0 saturated carbocycles. The lowest BCUT2D eigenvalue weighted by atomic mass is 9.96. The van der Waals surface area contributed by atoms with Crippen molar-refractivity contribution in [3.8, 4) is 33.6 Å². The van der Waals surface area contributed by atoms with E-state index in [2.05, 4.69) is 191 Å². The number of hydrogen-bond acceptors (Lipinski definition) is 0. The summed E-state index contributed by atoms with van der Waals surface area (Å²) in [6.07, 6.45) is 0. The Bertz CT molecular complexity index is 2810. The van der Waals surface area contributed by atoms with Crippen LogP contribution >= 0.6 is 0 Å². The summed E-state index contributed by atoms with van der Waals surface area (Å²) in [4.78, 5) is 0. The van der Waals surface area contributed by atoms with Crippen LogP contribution in [0, 0.1) is 0 Å². The van der Waals surface area contributed by atoms with Gasteiger partial charge in [0.25, 0.3) is 0 Å². The first kappa shape index (κ1) is 26.8. The molecule has 0 radical (unpaired) electrons. The van der Waals surface area contributed by atoms with Gasteiger partial charge >= 0.3 is 0 Å². The Balaban J connectivity index is 1.21. The van der Waals surface area contributed by atoms with Crippen molar-refractivity contribution in [3.63, 3.8) is 0 Å². The van der Waals surface area contributed by atoms with E-state index in [9.17, 15) is 0 Å². The largest absolute Gasteiger partial charge is 0.309 e. The molecule has 0 saturated heterocycles. The van der Waals surface area contributed by atoms with Gasteiger partial charge in [-0.3, -0.25) is 0 Å². The van der Waals surface area contributed by atoms with Gasteiger partial charge in [0.1, 0.15) is 0 Å². The molecule has 224 valence electrons. The predicted octanol–water partition coefficient (Wildman–Crippen LogP) is 12.4. The van der Waals surface area contributed by atoms with Crippen molar-refractivity contribution in [1.82, 2.24) is 9.13 Å². The van der Waals surface area contributed by atoms with E-state index in [1.807, 2.05) is 0 Å². The van der Waals surface area contributed by atoms with E-state index in [1.165, 1.54) is 88.0 Å². The molecule has 0 amide bonds. The third-order valence-corrected chi connectivity index (χ3v) is 9.90. The highest BCUT2D eigenvalue weighted by Gasteiger charge is 2.17. The summed E-state index contributed by atoms with van der Waals surface area (Å²) >= 11 is 0. The summed E-state index contributed by atoms with van der Waals surface area (Å²) in [6.45, 7) is 0. The lowest BCUT2D eigenvalue weighted by molar-refractivity contribution is 1.18. The van der Waals surface area contributed by atoms with Crippen LogP contribution in [0.5, 0.6) is 0 Å². The van der Waals surface area contributed by atoms with E-state index in [1.54, 1.807) is 0 Å². The van der Waals surface area contributed by atoms with Crippen molar-refractivity contribution in [2.45, 2.75) is 0 Å². The fourth-order valence-electron chi connectivity index (χ4n) is 7.71. The minimum atomic E-state index is 1.17. The Kier molecular flexibility index (Phi) is 5.91. The highest BCUT2D eigenvalue weighted by atomic mass is 15.0. The topological polar surface area (TPSA) is 9.86 Å². The maximum Gasteiger partial charge on any atom is 0.0541 e. The van der Waals surface area contributed by atoms with Crippen LogP contribution in [0.1, 0.15) is 0 Å². The summed E-state index contributed by atoms with van der Waals surface area (Å²) in [5.41, 5.74) is 12.1. The summed E-state index contributed by atoms with van der Waals surface area (Å²) in [5, 5.41) is 7.56. The molecule has 10 aromatic rings. The van der Waals surface area contributed by atoms with E-state index in [0.29, 0.717) is 0 Å². The van der Waals surface area contributed by atoms with Gasteiger partial charge in [-0.25, -0.2) is 0 Å². The van der Waals surface area contributed by atoms with E-state index in [-0.39, 0.29) is 0 Å². The minimum Gasteiger partial charge on any atom is -0.309 e. The van der Waals surface area contributed by atoms with Crippen LogP contribution in [-0.2, 0) is 0 Å². The highest BCUT2D eigenvalue weighted by Crippen LogP contribution is 2.40. The van der Waals surface area contributed by atoms with E-state index in [0.717, 1.165) is 0 Å². The van der Waals surface area contributed by atoms with Crippen LogP contribution in [0.25, 0.3) is 88.0 Å². The lowest BCUT2D eigenvalue weighted by Gasteiger charge is -2.09. The first-order valence-corrected chi connectivity index (χ1v) is 16.5. The molecular weight excluding hydrogens is 581 g/mol. The molecule has 0 N–H and O–H groups in total. The smallest absolute Gasteiger partial charge is 0.0541 e. The van der Waals surface area contributed by atoms with Crippen molar-refractivity contribution in [2.75, 3.05) is 0 Å². The summed E-state index contributed by atoms with van der Waals surface area (Å²) < 4.78 is 4.78. The molecule has 48 heavy (non-hydrogen) atoms. The highest BCUT2D eigenvalue weighted by molar-refractivity contribution is 6.14. The third-order valence-electron chi connectivity index (χ3n) is 9.90. The SMILES string of the molecule is c1ccc(-n2c3ccccc3c3cc(-c4ccc5c(c4)c4cc(-c6cccc7ccccc67)ccc4n5-c4ccccc4)ccc32)cc1. The molecule has 0 aliphatic heterocycles. The van der Waals surface area contributed by atoms with Crippen molar-refractivity contribution in [2.24, 2.45) is 0 Å². The van der Waals surface area contributed by atoms with E-state index >= 15 is 0 Å². The zero-order valence-electron chi connectivity index (χ0n) is 26.2. The lowest BCUT2D eigenvalue weighted by Crippen LogP contribution is -1.93. The molecule has 2 heterocycles. The van der Waals surface area contributed by atoms with Crippen LogP contribution in [-0.4, -0.2) is 9.13 Å². The number of para-hydroxylation sites is 3. The van der Waals surface area contributed by atoms with Gasteiger partial charge in [-0.2, -0.15) is 0 Å². The molecule has 0 aliphatic carbocycles. The Morgan fingerprint density at radius 1 is 0.271 bits per heavy atom. The molecule has 0 spiro atoms. The fourth-order valence-corrected chi connectivity index (χ4v) is 7.71. The summed E-state index contributed by atoms with van der Waals surface area (Å²) in [7, 11) is 0. The zero-order valence-corrected chi connectivity index (χ0v) is 26.2. The molecule has 2 heteroatoms. The number of fused-ring (bicyclic) bond motifs is 7. The third kappa shape index (κ3) is 4.06. The molecule has 10 rings (SSSR count). The Labute approximate surface area is 278 Å². The number of rotatable bonds is 4. The van der Waals surface area contributed by atoms with Crippen LogP contribution in [0.15, 0.2) is 182 Å². The van der Waals surface area contributed by atoms with Crippen molar-refractivity contribution in [1.29, 1.82) is 0 Å². The molecule has 0 fully saturated rings. The molecule has 0 bridgehead atoms. The van der Waals surface area contributed by atoms with Crippen LogP contribution < -0.4 is 0 Å². The van der Waals surface area contributed by atoms with Gasteiger partial charge in [0.15, 0.2) is 0 Å². The monoisotopic (exact) mass is 610 g/mol. The summed E-state index contributed by atoms with van der Waals surface area (Å²) in [5.74, 6) is 0.